The van der Waals surface area contributed by atoms with Crippen LogP contribution >= 0.6 is 22.6 Å². The lowest BCUT2D eigenvalue weighted by Gasteiger charge is -2.00. The molecule has 0 aromatic heterocycles. The maximum atomic E-state index is 12.9. The standard InChI is InChI=1S/C8H4FIN2O/c9-6-2-5(8(12)13)4(3-11)1-7(6)10/h1-2H,(H2,12,13). The Morgan fingerprint density at radius 1 is 1.62 bits per heavy atom. The zero-order chi connectivity index (χ0) is 10.0. The predicted molar refractivity (Wildman–Crippen MR) is 52.3 cm³/mol. The maximum Gasteiger partial charge on any atom is 0.250 e. The lowest BCUT2D eigenvalue weighted by Crippen LogP contribution is -2.13. The van der Waals surface area contributed by atoms with Crippen molar-refractivity contribution in [2.75, 3.05) is 0 Å². The van der Waals surface area contributed by atoms with E-state index in [9.17, 15) is 9.18 Å². The van der Waals surface area contributed by atoms with Crippen molar-refractivity contribution in [1.82, 2.24) is 0 Å². The molecule has 5 heteroatoms. The second-order valence-electron chi connectivity index (χ2n) is 2.29. The maximum absolute atomic E-state index is 12.9. The number of carbonyl (C=O) groups excluding carboxylic acids is 1. The highest BCUT2D eigenvalue weighted by Crippen LogP contribution is 2.16. The highest BCUT2D eigenvalue weighted by atomic mass is 127. The molecule has 0 bridgehead atoms. The molecule has 66 valence electrons. The molecule has 0 aliphatic rings. The summed E-state index contributed by atoms with van der Waals surface area (Å²) in [6, 6.07) is 4.04. The number of carbonyl (C=O) groups is 1. The minimum Gasteiger partial charge on any atom is -0.366 e. The molecule has 13 heavy (non-hydrogen) atoms. The van der Waals surface area contributed by atoms with Crippen molar-refractivity contribution in [2.45, 2.75) is 0 Å². The fourth-order valence-corrected chi connectivity index (χ4v) is 1.31. The Morgan fingerprint density at radius 3 is 2.69 bits per heavy atom. The number of hydrogen-bond acceptors (Lipinski definition) is 2. The summed E-state index contributed by atoms with van der Waals surface area (Å²) >= 11 is 1.74. The molecular formula is C8H4FIN2O. The molecule has 0 heterocycles. The van der Waals surface area contributed by atoms with Gasteiger partial charge >= 0.3 is 0 Å². The van der Waals surface area contributed by atoms with Crippen molar-refractivity contribution in [2.24, 2.45) is 5.73 Å². The zero-order valence-corrected chi connectivity index (χ0v) is 8.50. The van der Waals surface area contributed by atoms with E-state index in [1.54, 1.807) is 28.7 Å². The van der Waals surface area contributed by atoms with Crippen molar-refractivity contribution in [3.05, 3.63) is 32.6 Å². The van der Waals surface area contributed by atoms with Gasteiger partial charge in [0.25, 0.3) is 0 Å². The molecular weight excluding hydrogens is 286 g/mol. The number of hydrogen-bond donors (Lipinski definition) is 1. The summed E-state index contributed by atoms with van der Waals surface area (Å²) in [5.74, 6) is -1.35. The average Bonchev–Trinajstić information content (AvgIpc) is 2.08. The fraction of sp³-hybridized carbons (Fsp3) is 0. The van der Waals surface area contributed by atoms with Crippen LogP contribution in [-0.4, -0.2) is 5.91 Å². The number of amides is 1. The molecule has 0 saturated heterocycles. The van der Waals surface area contributed by atoms with Crippen LogP contribution in [0, 0.1) is 20.7 Å². The first-order valence-electron chi connectivity index (χ1n) is 3.25. The lowest BCUT2D eigenvalue weighted by molar-refractivity contribution is 0.0999. The summed E-state index contributed by atoms with van der Waals surface area (Å²) in [6.45, 7) is 0. The van der Waals surface area contributed by atoms with Gasteiger partial charge in [0.05, 0.1) is 20.8 Å². The summed E-state index contributed by atoms with van der Waals surface area (Å²) in [5, 5.41) is 8.60. The number of rotatable bonds is 1. The summed E-state index contributed by atoms with van der Waals surface area (Å²) in [6.07, 6.45) is 0. The number of benzene rings is 1. The Morgan fingerprint density at radius 2 is 2.23 bits per heavy atom. The molecule has 0 aliphatic carbocycles. The van der Waals surface area contributed by atoms with E-state index in [0.29, 0.717) is 3.57 Å². The first-order valence-corrected chi connectivity index (χ1v) is 4.33. The SMILES string of the molecule is N#Cc1cc(I)c(F)cc1C(N)=O. The van der Waals surface area contributed by atoms with E-state index >= 15 is 0 Å². The summed E-state index contributed by atoms with van der Waals surface area (Å²) in [4.78, 5) is 10.7. The third-order valence-electron chi connectivity index (χ3n) is 1.45. The van der Waals surface area contributed by atoms with Crippen molar-refractivity contribution in [1.29, 1.82) is 5.26 Å². The number of halogens is 2. The van der Waals surface area contributed by atoms with E-state index in [1.165, 1.54) is 6.07 Å². The number of primary amides is 1. The first-order chi connectivity index (χ1) is 6.06. The smallest absolute Gasteiger partial charge is 0.250 e. The van der Waals surface area contributed by atoms with Crippen LogP contribution in [0.4, 0.5) is 4.39 Å². The monoisotopic (exact) mass is 290 g/mol. The van der Waals surface area contributed by atoms with Gasteiger partial charge in [0.15, 0.2) is 0 Å². The predicted octanol–water partition coefficient (Wildman–Crippen LogP) is 1.40. The van der Waals surface area contributed by atoms with Gasteiger partial charge in [-0.25, -0.2) is 4.39 Å². The zero-order valence-electron chi connectivity index (χ0n) is 6.34. The van der Waals surface area contributed by atoms with Crippen LogP contribution in [0.5, 0.6) is 0 Å². The summed E-state index contributed by atoms with van der Waals surface area (Å²) in [5.41, 5.74) is 4.96. The minimum atomic E-state index is -0.799. The molecule has 1 aromatic rings. The van der Waals surface area contributed by atoms with Crippen molar-refractivity contribution in [3.63, 3.8) is 0 Å². The second kappa shape index (κ2) is 3.70. The van der Waals surface area contributed by atoms with E-state index in [2.05, 4.69) is 0 Å². The molecule has 0 atom stereocenters. The minimum absolute atomic E-state index is 0.0829. The van der Waals surface area contributed by atoms with E-state index < -0.39 is 11.7 Å². The second-order valence-corrected chi connectivity index (χ2v) is 3.45. The van der Waals surface area contributed by atoms with Gasteiger partial charge in [0.1, 0.15) is 5.82 Å². The Balaban J connectivity index is 3.44. The third-order valence-corrected chi connectivity index (χ3v) is 2.27. The molecule has 0 radical (unpaired) electrons. The van der Waals surface area contributed by atoms with Crippen molar-refractivity contribution in [3.8, 4) is 6.07 Å². The van der Waals surface area contributed by atoms with Crippen molar-refractivity contribution < 1.29 is 9.18 Å². The Bertz CT molecular complexity index is 411. The molecule has 1 amide bonds. The van der Waals surface area contributed by atoms with Gasteiger partial charge in [-0.1, -0.05) is 0 Å². The van der Waals surface area contributed by atoms with E-state index in [-0.39, 0.29) is 11.1 Å². The number of nitrogens with two attached hydrogens (primary N) is 1. The largest absolute Gasteiger partial charge is 0.366 e. The average molecular weight is 290 g/mol. The highest BCUT2D eigenvalue weighted by molar-refractivity contribution is 14.1. The molecule has 3 nitrogen and oxygen atoms in total. The van der Waals surface area contributed by atoms with Crippen molar-refractivity contribution >= 4 is 28.5 Å². The Labute approximate surface area is 87.5 Å². The first kappa shape index (κ1) is 9.92. The number of nitriles is 1. The van der Waals surface area contributed by atoms with Crippen LogP contribution in [-0.2, 0) is 0 Å². The molecule has 0 fully saturated rings. The van der Waals surface area contributed by atoms with Gasteiger partial charge in [0, 0.05) is 0 Å². The molecule has 1 aromatic carbocycles. The topological polar surface area (TPSA) is 66.9 Å². The quantitative estimate of drug-likeness (QED) is 0.794. The Hall–Kier alpha value is -1.16. The van der Waals surface area contributed by atoms with Gasteiger partial charge in [-0.2, -0.15) is 5.26 Å². The van der Waals surface area contributed by atoms with E-state index in [1.807, 2.05) is 0 Å². The lowest BCUT2D eigenvalue weighted by atomic mass is 10.1. The van der Waals surface area contributed by atoms with Gasteiger partial charge in [0.2, 0.25) is 5.91 Å². The van der Waals surface area contributed by atoms with Crippen LogP contribution < -0.4 is 5.73 Å². The summed E-state index contributed by atoms with van der Waals surface area (Å²) in [7, 11) is 0. The van der Waals surface area contributed by atoms with Crippen LogP contribution in [0.1, 0.15) is 15.9 Å². The van der Waals surface area contributed by atoms with Crippen LogP contribution in [0.2, 0.25) is 0 Å². The molecule has 0 aliphatic heterocycles. The fourth-order valence-electron chi connectivity index (χ4n) is 0.843. The normalized spacial score (nSPS) is 9.31. The van der Waals surface area contributed by atoms with Gasteiger partial charge in [-0.15, -0.1) is 0 Å². The number of nitrogens with zero attached hydrogens (tertiary/aromatic N) is 1. The van der Waals surface area contributed by atoms with Crippen LogP contribution in [0.15, 0.2) is 12.1 Å². The molecule has 0 unspecified atom stereocenters. The molecule has 2 N–H and O–H groups in total. The van der Waals surface area contributed by atoms with E-state index in [4.69, 9.17) is 11.0 Å². The summed E-state index contributed by atoms with van der Waals surface area (Å²) < 4.78 is 13.2. The molecule has 0 saturated carbocycles. The van der Waals surface area contributed by atoms with Gasteiger partial charge in [-0.3, -0.25) is 4.79 Å². The molecule has 0 spiro atoms. The highest BCUT2D eigenvalue weighted by Gasteiger charge is 2.11. The van der Waals surface area contributed by atoms with Gasteiger partial charge in [-0.05, 0) is 34.7 Å². The van der Waals surface area contributed by atoms with Crippen LogP contribution in [0.3, 0.4) is 0 Å². The van der Waals surface area contributed by atoms with E-state index in [0.717, 1.165) is 6.07 Å². The van der Waals surface area contributed by atoms with Crippen LogP contribution in [0.25, 0.3) is 0 Å². The Kier molecular flexibility index (Phi) is 2.83. The molecule has 1 rings (SSSR count). The third kappa shape index (κ3) is 1.95. The van der Waals surface area contributed by atoms with Gasteiger partial charge < -0.3 is 5.73 Å².